The molecule has 33 heavy (non-hydrogen) atoms. The molecule has 0 aliphatic carbocycles. The molecule has 0 saturated carbocycles. The first-order valence-corrected chi connectivity index (χ1v) is 12.8. The third-order valence-electron chi connectivity index (χ3n) is 5.31. The van der Waals surface area contributed by atoms with Crippen molar-refractivity contribution in [3.05, 3.63) is 58.6 Å². The van der Waals surface area contributed by atoms with Crippen LogP contribution in [-0.2, 0) is 16.6 Å². The Kier molecular flexibility index (Phi) is 6.91. The summed E-state index contributed by atoms with van der Waals surface area (Å²) in [5.41, 5.74) is 0.932. The van der Waals surface area contributed by atoms with E-state index in [1.54, 1.807) is 24.3 Å². The Hall–Kier alpha value is -3.02. The van der Waals surface area contributed by atoms with Crippen LogP contribution in [0.4, 0.5) is 5.13 Å². The Bertz CT molecular complexity index is 1260. The summed E-state index contributed by atoms with van der Waals surface area (Å²) >= 11 is 1.33. The Morgan fingerprint density at radius 3 is 2.67 bits per heavy atom. The largest absolute Gasteiger partial charge is 0.454 e. The summed E-state index contributed by atoms with van der Waals surface area (Å²) < 4.78 is 38.7. The average molecular weight is 489 g/mol. The van der Waals surface area contributed by atoms with Gasteiger partial charge in [0.1, 0.15) is 5.01 Å². The highest BCUT2D eigenvalue weighted by Crippen LogP contribution is 2.32. The highest BCUT2D eigenvalue weighted by atomic mass is 32.2. The SMILES string of the molecule is CCC(CC)c1nnc(NC(=O)c2cccc(S(=O)(=O)NCc3ccc4c(c3)OCO4)c2)s1. The quantitative estimate of drug-likeness (QED) is 0.469. The zero-order chi connectivity index (χ0) is 23.4. The lowest BCUT2D eigenvalue weighted by atomic mass is 10.1. The molecule has 0 radical (unpaired) electrons. The van der Waals surface area contributed by atoms with Gasteiger partial charge >= 0.3 is 0 Å². The van der Waals surface area contributed by atoms with Gasteiger partial charge < -0.3 is 9.47 Å². The van der Waals surface area contributed by atoms with Crippen molar-refractivity contribution in [2.45, 2.75) is 44.0 Å². The van der Waals surface area contributed by atoms with Crippen LogP contribution in [0.3, 0.4) is 0 Å². The van der Waals surface area contributed by atoms with Crippen molar-refractivity contribution in [1.82, 2.24) is 14.9 Å². The summed E-state index contributed by atoms with van der Waals surface area (Å²) in [6, 6.07) is 11.1. The van der Waals surface area contributed by atoms with Gasteiger partial charge in [-0.2, -0.15) is 0 Å². The van der Waals surface area contributed by atoms with Crippen LogP contribution in [0.15, 0.2) is 47.4 Å². The maximum atomic E-state index is 12.8. The lowest BCUT2D eigenvalue weighted by Gasteiger charge is -2.09. The number of aromatic nitrogens is 2. The second-order valence-electron chi connectivity index (χ2n) is 7.45. The van der Waals surface area contributed by atoms with E-state index in [2.05, 4.69) is 34.1 Å². The number of ether oxygens (including phenoxy) is 2. The van der Waals surface area contributed by atoms with Gasteiger partial charge in [-0.25, -0.2) is 13.1 Å². The van der Waals surface area contributed by atoms with Gasteiger partial charge in [-0.1, -0.05) is 37.3 Å². The maximum Gasteiger partial charge on any atom is 0.257 e. The predicted molar refractivity (Wildman–Crippen MR) is 124 cm³/mol. The number of carbonyl (C=O) groups is 1. The van der Waals surface area contributed by atoms with Crippen molar-refractivity contribution < 1.29 is 22.7 Å². The van der Waals surface area contributed by atoms with Gasteiger partial charge in [0.2, 0.25) is 21.9 Å². The molecule has 9 nitrogen and oxygen atoms in total. The number of amides is 1. The van der Waals surface area contributed by atoms with E-state index < -0.39 is 15.9 Å². The Labute approximate surface area is 196 Å². The molecule has 1 amide bonds. The molecule has 2 heterocycles. The van der Waals surface area contributed by atoms with Gasteiger partial charge in [-0.3, -0.25) is 10.1 Å². The van der Waals surface area contributed by atoms with E-state index in [1.807, 2.05) is 0 Å². The maximum absolute atomic E-state index is 12.8. The Balaban J connectivity index is 1.43. The van der Waals surface area contributed by atoms with Gasteiger partial charge in [-0.05, 0) is 48.7 Å². The van der Waals surface area contributed by atoms with Crippen LogP contribution in [0, 0.1) is 0 Å². The lowest BCUT2D eigenvalue weighted by Crippen LogP contribution is -2.23. The van der Waals surface area contributed by atoms with E-state index in [-0.39, 0.29) is 23.8 Å². The topological polar surface area (TPSA) is 120 Å². The number of hydrogen-bond acceptors (Lipinski definition) is 8. The number of benzene rings is 2. The van der Waals surface area contributed by atoms with E-state index in [0.717, 1.165) is 23.4 Å². The van der Waals surface area contributed by atoms with Crippen molar-refractivity contribution in [2.24, 2.45) is 0 Å². The molecule has 11 heteroatoms. The molecule has 174 valence electrons. The summed E-state index contributed by atoms with van der Waals surface area (Å²) in [5.74, 6) is 1.06. The van der Waals surface area contributed by atoms with Gasteiger partial charge in [0.15, 0.2) is 11.5 Å². The highest BCUT2D eigenvalue weighted by Gasteiger charge is 2.19. The minimum Gasteiger partial charge on any atom is -0.454 e. The molecule has 0 fully saturated rings. The van der Waals surface area contributed by atoms with Gasteiger partial charge in [0.25, 0.3) is 5.91 Å². The van der Waals surface area contributed by atoms with Crippen molar-refractivity contribution in [3.63, 3.8) is 0 Å². The van der Waals surface area contributed by atoms with Crippen molar-refractivity contribution in [1.29, 1.82) is 0 Å². The third kappa shape index (κ3) is 5.32. The molecule has 1 aliphatic rings. The lowest BCUT2D eigenvalue weighted by molar-refractivity contribution is 0.102. The Morgan fingerprint density at radius 2 is 1.88 bits per heavy atom. The number of hydrogen-bond donors (Lipinski definition) is 2. The number of carbonyl (C=O) groups excluding carboxylic acids is 1. The molecule has 1 aromatic heterocycles. The number of sulfonamides is 1. The summed E-state index contributed by atoms with van der Waals surface area (Å²) in [7, 11) is -3.84. The number of fused-ring (bicyclic) bond motifs is 1. The number of nitrogens with one attached hydrogen (secondary N) is 2. The molecule has 0 bridgehead atoms. The van der Waals surface area contributed by atoms with Crippen LogP contribution in [0.25, 0.3) is 0 Å². The second kappa shape index (κ2) is 9.86. The molecule has 0 atom stereocenters. The van der Waals surface area contributed by atoms with Crippen LogP contribution in [0.1, 0.15) is 53.5 Å². The van der Waals surface area contributed by atoms with Crippen LogP contribution in [0.2, 0.25) is 0 Å². The summed E-state index contributed by atoms with van der Waals surface area (Å²) in [4.78, 5) is 12.7. The van der Waals surface area contributed by atoms with Crippen LogP contribution < -0.4 is 19.5 Å². The van der Waals surface area contributed by atoms with Gasteiger partial charge in [0, 0.05) is 18.0 Å². The van der Waals surface area contributed by atoms with E-state index in [9.17, 15) is 13.2 Å². The molecule has 0 unspecified atom stereocenters. The first-order valence-electron chi connectivity index (χ1n) is 10.5. The fourth-order valence-corrected chi connectivity index (χ4v) is 5.44. The molecule has 1 aliphatic heterocycles. The summed E-state index contributed by atoms with van der Waals surface area (Å²) in [6.07, 6.45) is 1.89. The molecule has 0 saturated heterocycles. The zero-order valence-corrected chi connectivity index (χ0v) is 19.8. The monoisotopic (exact) mass is 488 g/mol. The van der Waals surface area contributed by atoms with Crippen LogP contribution in [0.5, 0.6) is 11.5 Å². The number of rotatable bonds is 9. The molecule has 2 aromatic carbocycles. The standard InChI is InChI=1S/C22H24N4O5S2/c1-3-15(4-2)21-25-26-22(32-21)24-20(27)16-6-5-7-17(11-16)33(28,29)23-12-14-8-9-18-19(10-14)31-13-30-18/h5-11,15,23H,3-4,12-13H2,1-2H3,(H,24,26,27). The molecule has 2 N–H and O–H groups in total. The second-order valence-corrected chi connectivity index (χ2v) is 10.2. The highest BCUT2D eigenvalue weighted by molar-refractivity contribution is 7.89. The molecule has 3 aromatic rings. The van der Waals surface area contributed by atoms with E-state index in [1.165, 1.54) is 29.5 Å². The molecule has 0 spiro atoms. The number of nitrogens with zero attached hydrogens (tertiary/aromatic N) is 2. The molecular weight excluding hydrogens is 464 g/mol. The fraction of sp³-hybridized carbons (Fsp3) is 0.318. The minimum absolute atomic E-state index is 0.00845. The first kappa shape index (κ1) is 23.1. The van der Waals surface area contributed by atoms with E-state index in [0.29, 0.717) is 22.5 Å². The average Bonchev–Trinajstić information content (AvgIpc) is 3.48. The fourth-order valence-electron chi connectivity index (χ4n) is 3.37. The summed E-state index contributed by atoms with van der Waals surface area (Å²) in [5, 5.41) is 12.2. The van der Waals surface area contributed by atoms with Gasteiger partial charge in [0.05, 0.1) is 4.90 Å². The van der Waals surface area contributed by atoms with Crippen molar-refractivity contribution in [3.8, 4) is 11.5 Å². The molecule has 4 rings (SSSR count). The van der Waals surface area contributed by atoms with E-state index >= 15 is 0 Å². The zero-order valence-electron chi connectivity index (χ0n) is 18.2. The minimum atomic E-state index is -3.84. The normalized spacial score (nSPS) is 12.8. The Morgan fingerprint density at radius 1 is 1.09 bits per heavy atom. The molecular formula is C22H24N4O5S2. The van der Waals surface area contributed by atoms with Crippen LogP contribution in [-0.4, -0.2) is 31.3 Å². The van der Waals surface area contributed by atoms with Crippen molar-refractivity contribution in [2.75, 3.05) is 12.1 Å². The van der Waals surface area contributed by atoms with Crippen molar-refractivity contribution >= 4 is 32.4 Å². The predicted octanol–water partition coefficient (Wildman–Crippen LogP) is 3.90. The number of anilines is 1. The van der Waals surface area contributed by atoms with Gasteiger partial charge in [-0.15, -0.1) is 10.2 Å². The summed E-state index contributed by atoms with van der Waals surface area (Å²) in [6.45, 7) is 4.38. The smallest absolute Gasteiger partial charge is 0.257 e. The van der Waals surface area contributed by atoms with Crippen LogP contribution >= 0.6 is 11.3 Å². The first-order chi connectivity index (χ1) is 15.9. The third-order valence-corrected chi connectivity index (χ3v) is 7.71. The van der Waals surface area contributed by atoms with E-state index in [4.69, 9.17) is 9.47 Å².